The summed E-state index contributed by atoms with van der Waals surface area (Å²) in [5.74, 6) is -1.32. The van der Waals surface area contributed by atoms with Crippen LogP contribution in [0.4, 0.5) is 0 Å². The van der Waals surface area contributed by atoms with Gasteiger partial charge >= 0.3 is 5.97 Å². The summed E-state index contributed by atoms with van der Waals surface area (Å²) < 4.78 is 5.87. The van der Waals surface area contributed by atoms with Crippen LogP contribution in [0.1, 0.15) is 43.0 Å². The fourth-order valence-corrected chi connectivity index (χ4v) is 2.43. The molecule has 1 unspecified atom stereocenters. The number of carboxylic acid groups (broad SMARTS) is 1. The number of carbonyl (C=O) groups excluding carboxylic acids is 2. The number of carboxylic acids is 1. The molecule has 0 bridgehead atoms. The second-order valence-corrected chi connectivity index (χ2v) is 5.93. The van der Waals surface area contributed by atoms with Crippen LogP contribution in [0.3, 0.4) is 0 Å². The Labute approximate surface area is 143 Å². The number of Topliss-reactive ketones (excluding diaryl/α,β-unsaturated/α-hetero) is 1. The maximum Gasteiger partial charge on any atom is 0.326 e. The van der Waals surface area contributed by atoms with Crippen molar-refractivity contribution in [3.8, 4) is 5.75 Å². The number of carbonyl (C=O) groups is 3. The summed E-state index contributed by atoms with van der Waals surface area (Å²) >= 11 is 3.29. The quantitative estimate of drug-likeness (QED) is 0.637. The molecule has 126 valence electrons. The average molecular weight is 386 g/mol. The van der Waals surface area contributed by atoms with E-state index in [9.17, 15) is 14.4 Å². The SMILES string of the molecule is CCCC(NC(=O)CCC(=O)c1cc(Br)ccc1OC)C(=O)O. The Morgan fingerprint density at radius 3 is 2.57 bits per heavy atom. The van der Waals surface area contributed by atoms with Crippen LogP contribution >= 0.6 is 15.9 Å². The molecule has 0 saturated heterocycles. The number of nitrogens with one attached hydrogen (secondary N) is 1. The first-order valence-electron chi connectivity index (χ1n) is 7.28. The van der Waals surface area contributed by atoms with E-state index in [0.717, 1.165) is 4.47 Å². The minimum atomic E-state index is -1.07. The zero-order valence-electron chi connectivity index (χ0n) is 13.1. The van der Waals surface area contributed by atoms with Gasteiger partial charge in [-0.25, -0.2) is 4.79 Å². The molecule has 1 atom stereocenters. The molecular weight excluding hydrogens is 366 g/mol. The fraction of sp³-hybridized carbons (Fsp3) is 0.438. The van der Waals surface area contributed by atoms with E-state index < -0.39 is 17.9 Å². The van der Waals surface area contributed by atoms with Gasteiger partial charge in [0.2, 0.25) is 5.91 Å². The number of hydrogen-bond acceptors (Lipinski definition) is 4. The number of hydrogen-bond donors (Lipinski definition) is 2. The molecule has 1 amide bonds. The molecule has 0 spiro atoms. The number of amides is 1. The average Bonchev–Trinajstić information content (AvgIpc) is 2.52. The van der Waals surface area contributed by atoms with Gasteiger partial charge in [0.05, 0.1) is 12.7 Å². The Balaban J connectivity index is 2.64. The van der Waals surface area contributed by atoms with Crippen LogP contribution in [0.5, 0.6) is 5.75 Å². The van der Waals surface area contributed by atoms with Gasteiger partial charge in [-0.2, -0.15) is 0 Å². The highest BCUT2D eigenvalue weighted by Gasteiger charge is 2.20. The first-order chi connectivity index (χ1) is 10.9. The van der Waals surface area contributed by atoms with Crippen LogP contribution in [0, 0.1) is 0 Å². The number of aliphatic carboxylic acids is 1. The molecule has 1 aromatic rings. The summed E-state index contributed by atoms with van der Waals surface area (Å²) in [6, 6.07) is 4.14. The molecule has 2 N–H and O–H groups in total. The van der Waals surface area contributed by atoms with Gasteiger partial charge < -0.3 is 15.2 Å². The zero-order valence-corrected chi connectivity index (χ0v) is 14.7. The van der Waals surface area contributed by atoms with E-state index in [4.69, 9.17) is 9.84 Å². The van der Waals surface area contributed by atoms with Crippen molar-refractivity contribution in [2.45, 2.75) is 38.6 Å². The summed E-state index contributed by atoms with van der Waals surface area (Å²) in [6.45, 7) is 1.84. The van der Waals surface area contributed by atoms with Crippen LogP contribution < -0.4 is 10.1 Å². The summed E-state index contributed by atoms with van der Waals surface area (Å²) in [4.78, 5) is 35.1. The predicted molar refractivity (Wildman–Crippen MR) is 88.7 cm³/mol. The molecule has 7 heteroatoms. The molecule has 0 aliphatic rings. The van der Waals surface area contributed by atoms with Crippen LogP contribution in [0.15, 0.2) is 22.7 Å². The molecule has 0 radical (unpaired) electrons. The van der Waals surface area contributed by atoms with Gasteiger partial charge in [0.15, 0.2) is 5.78 Å². The van der Waals surface area contributed by atoms with Crippen molar-refractivity contribution in [1.82, 2.24) is 5.32 Å². The lowest BCUT2D eigenvalue weighted by Gasteiger charge is -2.13. The van der Waals surface area contributed by atoms with Crippen LogP contribution in [0.2, 0.25) is 0 Å². The van der Waals surface area contributed by atoms with E-state index in [0.29, 0.717) is 24.2 Å². The molecule has 1 aromatic carbocycles. The topological polar surface area (TPSA) is 92.7 Å². The van der Waals surface area contributed by atoms with Crippen molar-refractivity contribution in [2.75, 3.05) is 7.11 Å². The second kappa shape index (κ2) is 9.29. The Kier molecular flexibility index (Phi) is 7.74. The zero-order chi connectivity index (χ0) is 17.4. The van der Waals surface area contributed by atoms with Crippen molar-refractivity contribution in [3.05, 3.63) is 28.2 Å². The van der Waals surface area contributed by atoms with E-state index in [1.165, 1.54) is 7.11 Å². The van der Waals surface area contributed by atoms with Gasteiger partial charge in [0, 0.05) is 17.3 Å². The van der Waals surface area contributed by atoms with Gasteiger partial charge in [0.25, 0.3) is 0 Å². The van der Waals surface area contributed by atoms with Crippen molar-refractivity contribution in [1.29, 1.82) is 0 Å². The van der Waals surface area contributed by atoms with E-state index in [1.54, 1.807) is 18.2 Å². The molecule has 1 rings (SSSR count). The molecule has 0 fully saturated rings. The van der Waals surface area contributed by atoms with Crippen molar-refractivity contribution in [3.63, 3.8) is 0 Å². The maximum atomic E-state index is 12.2. The first kappa shape index (κ1) is 19.2. The van der Waals surface area contributed by atoms with E-state index in [1.807, 2.05) is 6.92 Å². The smallest absolute Gasteiger partial charge is 0.326 e. The summed E-state index contributed by atoms with van der Waals surface area (Å²) in [7, 11) is 1.47. The monoisotopic (exact) mass is 385 g/mol. The number of ether oxygens (including phenoxy) is 1. The molecule has 6 nitrogen and oxygen atoms in total. The number of rotatable bonds is 9. The normalized spacial score (nSPS) is 11.6. The lowest BCUT2D eigenvalue weighted by molar-refractivity contribution is -0.142. The second-order valence-electron chi connectivity index (χ2n) is 5.01. The standard InChI is InChI=1S/C16H20BrNO5/c1-3-4-12(16(21)22)18-15(20)8-6-13(19)11-9-10(17)5-7-14(11)23-2/h5,7,9,12H,3-4,6,8H2,1-2H3,(H,18,20)(H,21,22). The highest BCUT2D eigenvalue weighted by molar-refractivity contribution is 9.10. The molecule has 0 heterocycles. The third-order valence-electron chi connectivity index (χ3n) is 3.25. The molecular formula is C16H20BrNO5. The van der Waals surface area contributed by atoms with Crippen LogP contribution in [-0.2, 0) is 9.59 Å². The third-order valence-corrected chi connectivity index (χ3v) is 3.74. The molecule has 0 aromatic heterocycles. The molecule has 23 heavy (non-hydrogen) atoms. The summed E-state index contributed by atoms with van der Waals surface area (Å²) in [5.41, 5.74) is 0.387. The van der Waals surface area contributed by atoms with Crippen molar-refractivity contribution >= 4 is 33.6 Å². The molecule has 0 aliphatic heterocycles. The Bertz CT molecular complexity index is 588. The highest BCUT2D eigenvalue weighted by Crippen LogP contribution is 2.24. The van der Waals surface area contributed by atoms with E-state index in [-0.39, 0.29) is 18.6 Å². The Hall–Kier alpha value is -1.89. The lowest BCUT2D eigenvalue weighted by Crippen LogP contribution is -2.40. The number of methoxy groups -OCH3 is 1. The minimum Gasteiger partial charge on any atom is -0.496 e. The summed E-state index contributed by atoms with van der Waals surface area (Å²) in [5, 5.41) is 11.4. The number of ketones is 1. The third kappa shape index (κ3) is 6.02. The van der Waals surface area contributed by atoms with Gasteiger partial charge in [-0.15, -0.1) is 0 Å². The number of benzene rings is 1. The fourth-order valence-electron chi connectivity index (χ4n) is 2.07. The van der Waals surface area contributed by atoms with Gasteiger partial charge in [-0.3, -0.25) is 9.59 Å². The predicted octanol–water partition coefficient (Wildman–Crippen LogP) is 2.79. The van der Waals surface area contributed by atoms with Crippen molar-refractivity contribution in [2.24, 2.45) is 0 Å². The Morgan fingerprint density at radius 2 is 2.00 bits per heavy atom. The molecule has 0 aliphatic carbocycles. The minimum absolute atomic E-state index is 0.0168. The van der Waals surface area contributed by atoms with Crippen LogP contribution in [0.25, 0.3) is 0 Å². The number of halogens is 1. The van der Waals surface area contributed by atoms with E-state index in [2.05, 4.69) is 21.2 Å². The lowest BCUT2D eigenvalue weighted by atomic mass is 10.0. The van der Waals surface area contributed by atoms with Crippen molar-refractivity contribution < 1.29 is 24.2 Å². The Morgan fingerprint density at radius 1 is 1.30 bits per heavy atom. The first-order valence-corrected chi connectivity index (χ1v) is 8.07. The van der Waals surface area contributed by atoms with Gasteiger partial charge in [-0.05, 0) is 24.6 Å². The van der Waals surface area contributed by atoms with E-state index >= 15 is 0 Å². The van der Waals surface area contributed by atoms with Crippen LogP contribution in [-0.4, -0.2) is 35.9 Å². The largest absolute Gasteiger partial charge is 0.496 e. The van der Waals surface area contributed by atoms with Gasteiger partial charge in [-0.1, -0.05) is 29.3 Å². The highest BCUT2D eigenvalue weighted by atomic mass is 79.9. The molecule has 0 saturated carbocycles. The maximum absolute atomic E-state index is 12.2. The summed E-state index contributed by atoms with van der Waals surface area (Å²) in [6.07, 6.45) is 0.916. The van der Waals surface area contributed by atoms with Gasteiger partial charge in [0.1, 0.15) is 11.8 Å².